The predicted octanol–water partition coefficient (Wildman–Crippen LogP) is 10.2. The van der Waals surface area contributed by atoms with Gasteiger partial charge in [-0.05, 0) is 0 Å². The molecular weight excluding hydrogens is 589 g/mol. The van der Waals surface area contributed by atoms with Gasteiger partial charge in [0.1, 0.15) is 0 Å². The van der Waals surface area contributed by atoms with Crippen LogP contribution in [-0.4, -0.2) is 50.1 Å². The van der Waals surface area contributed by atoms with Crippen molar-refractivity contribution in [1.82, 2.24) is 0 Å². The molecule has 0 N–H and O–H groups in total. The summed E-state index contributed by atoms with van der Waals surface area (Å²) in [5.41, 5.74) is 2.50. The third-order valence-electron chi connectivity index (χ3n) is 7.75. The average Bonchev–Trinajstić information content (AvgIpc) is 2.91. The number of aliphatic imine (C=N–C) groups is 1. The van der Waals surface area contributed by atoms with Crippen LogP contribution in [0.25, 0.3) is 0 Å². The van der Waals surface area contributed by atoms with E-state index in [2.05, 4.69) is 78.3 Å². The molecule has 0 spiro atoms. The quantitative estimate of drug-likeness (QED) is 0.0542. The van der Waals surface area contributed by atoms with Crippen LogP contribution in [0.5, 0.6) is 0 Å². The van der Waals surface area contributed by atoms with Crippen LogP contribution in [0, 0.1) is 0 Å². The van der Waals surface area contributed by atoms with Crippen molar-refractivity contribution in [2.75, 3.05) is 11.4 Å². The van der Waals surface area contributed by atoms with Crippen molar-refractivity contribution in [2.45, 2.75) is 125 Å². The SMILES string of the molecule is C=C(C(CCC(/C=N/[CH2][Sn]([CH2]CCC)([CH2]CCC)[CH2]CCC)=C\C)OCOCc1ccccc1)[Si](C)(C)C. The van der Waals surface area contributed by atoms with E-state index in [1.54, 1.807) is 0 Å². The van der Waals surface area contributed by atoms with Crippen molar-refractivity contribution in [2.24, 2.45) is 4.99 Å². The van der Waals surface area contributed by atoms with Crippen LogP contribution in [0.15, 0.2) is 58.7 Å². The fourth-order valence-corrected chi connectivity index (χ4v) is 20.4. The van der Waals surface area contributed by atoms with E-state index in [4.69, 9.17) is 14.5 Å². The van der Waals surface area contributed by atoms with Crippen LogP contribution in [0.3, 0.4) is 0 Å². The first-order valence-corrected chi connectivity index (χ1v) is 26.9. The fraction of sp³-hybridized carbons (Fsp3) is 0.667. The first-order valence-electron chi connectivity index (χ1n) is 15.3. The monoisotopic (exact) mass is 649 g/mol. The number of nitrogens with zero attached hydrogens (tertiary/aromatic N) is 1. The van der Waals surface area contributed by atoms with Crippen molar-refractivity contribution in [3.05, 3.63) is 59.3 Å². The van der Waals surface area contributed by atoms with Gasteiger partial charge in [-0.3, -0.25) is 0 Å². The van der Waals surface area contributed by atoms with Crippen molar-refractivity contribution < 1.29 is 9.47 Å². The number of ether oxygens (including phenoxy) is 2. The van der Waals surface area contributed by atoms with Crippen molar-refractivity contribution in [1.29, 1.82) is 0 Å². The van der Waals surface area contributed by atoms with Crippen molar-refractivity contribution in [3.8, 4) is 0 Å². The zero-order valence-corrected chi connectivity index (χ0v) is 29.8. The average molecular weight is 649 g/mol. The second-order valence-electron chi connectivity index (χ2n) is 12.1. The van der Waals surface area contributed by atoms with E-state index in [0.29, 0.717) is 13.4 Å². The molecule has 5 heteroatoms. The molecule has 3 nitrogen and oxygen atoms in total. The minimum absolute atomic E-state index is 0.0257. The normalized spacial score (nSPS) is 13.8. The Morgan fingerprint density at radius 2 is 1.55 bits per heavy atom. The van der Waals surface area contributed by atoms with Crippen LogP contribution < -0.4 is 0 Å². The maximum absolute atomic E-state index is 6.29. The van der Waals surface area contributed by atoms with Gasteiger partial charge in [0.25, 0.3) is 0 Å². The molecular formula is C33H59NO2SiSn. The third-order valence-corrected chi connectivity index (χ3v) is 24.5. The molecule has 1 unspecified atom stereocenters. The molecule has 0 aromatic heterocycles. The van der Waals surface area contributed by atoms with E-state index in [0.717, 1.165) is 12.8 Å². The van der Waals surface area contributed by atoms with Crippen LogP contribution >= 0.6 is 0 Å². The number of hydrogen-bond donors (Lipinski definition) is 0. The Morgan fingerprint density at radius 1 is 0.974 bits per heavy atom. The molecule has 216 valence electrons. The summed E-state index contributed by atoms with van der Waals surface area (Å²) in [6.45, 7) is 21.6. The summed E-state index contributed by atoms with van der Waals surface area (Å²) in [6, 6.07) is 10.3. The Morgan fingerprint density at radius 3 is 2.05 bits per heavy atom. The van der Waals surface area contributed by atoms with Gasteiger partial charge in [-0.2, -0.15) is 0 Å². The van der Waals surface area contributed by atoms with Crippen molar-refractivity contribution in [3.63, 3.8) is 0 Å². The van der Waals surface area contributed by atoms with Gasteiger partial charge in [-0.1, -0.05) is 30.3 Å². The Labute approximate surface area is 241 Å². The van der Waals surface area contributed by atoms with E-state index in [1.807, 2.05) is 18.2 Å². The van der Waals surface area contributed by atoms with Crippen LogP contribution in [0.1, 0.15) is 84.6 Å². The summed E-state index contributed by atoms with van der Waals surface area (Å²) in [4.78, 5) is 5.18. The molecule has 0 saturated heterocycles. The molecule has 0 aliphatic rings. The van der Waals surface area contributed by atoms with E-state index < -0.39 is 26.5 Å². The summed E-state index contributed by atoms with van der Waals surface area (Å²) < 4.78 is 17.9. The fourth-order valence-electron chi connectivity index (χ4n) is 4.91. The number of hydrogen-bond acceptors (Lipinski definition) is 3. The number of benzene rings is 1. The standard InChI is InChI=1S/C21H32NO2Si.3C4H9.Sn/c1-7-19(15-22-3)13-14-21(18(2)25(4,5)6)24-17-23-16-20-11-9-8-10-12-20;3*1-3-4-2;/h7-12,15,21H,2-3,13-14,16-17H2,1,4-6H3;3*1,3-4H2,2H3;/b19-7+,22-15+;;;;. The Balaban J connectivity index is 2.79. The Hall–Kier alpha value is -0.694. The van der Waals surface area contributed by atoms with Gasteiger partial charge < -0.3 is 0 Å². The van der Waals surface area contributed by atoms with Crippen molar-refractivity contribution >= 4 is 32.7 Å². The van der Waals surface area contributed by atoms with Gasteiger partial charge in [0, 0.05) is 0 Å². The van der Waals surface area contributed by atoms with Crippen LogP contribution in [-0.2, 0) is 16.1 Å². The molecule has 38 heavy (non-hydrogen) atoms. The van der Waals surface area contributed by atoms with E-state index in [9.17, 15) is 0 Å². The van der Waals surface area contributed by atoms with Gasteiger partial charge in [0.15, 0.2) is 0 Å². The second-order valence-corrected chi connectivity index (χ2v) is 31.0. The van der Waals surface area contributed by atoms with Gasteiger partial charge in [-0.15, -0.1) is 0 Å². The molecule has 0 radical (unpaired) electrons. The molecule has 0 bridgehead atoms. The van der Waals surface area contributed by atoms with E-state index in [1.165, 1.54) is 72.7 Å². The summed E-state index contributed by atoms with van der Waals surface area (Å²) >= 11 is -2.23. The third kappa shape index (κ3) is 14.6. The van der Waals surface area contributed by atoms with Gasteiger partial charge in [0.05, 0.1) is 0 Å². The molecule has 0 heterocycles. The number of rotatable bonds is 22. The van der Waals surface area contributed by atoms with Gasteiger partial charge in [0.2, 0.25) is 0 Å². The zero-order valence-electron chi connectivity index (χ0n) is 26.0. The number of unbranched alkanes of at least 4 members (excludes halogenated alkanes) is 3. The second kappa shape index (κ2) is 20.2. The summed E-state index contributed by atoms with van der Waals surface area (Å²) in [5.74, 6) is 0. The molecule has 1 rings (SSSR count). The topological polar surface area (TPSA) is 30.8 Å². The molecule has 1 aromatic rings. The van der Waals surface area contributed by atoms with Crippen LogP contribution in [0.4, 0.5) is 0 Å². The van der Waals surface area contributed by atoms with E-state index in [-0.39, 0.29) is 6.10 Å². The first-order chi connectivity index (χ1) is 18.2. The summed E-state index contributed by atoms with van der Waals surface area (Å²) in [6.07, 6.45) is 14.5. The molecule has 0 aliphatic heterocycles. The molecule has 1 aromatic carbocycles. The molecule has 0 aliphatic carbocycles. The number of allylic oxidation sites excluding steroid dienone is 2. The molecule has 0 fully saturated rings. The van der Waals surface area contributed by atoms with Gasteiger partial charge in [-0.25, -0.2) is 0 Å². The van der Waals surface area contributed by atoms with E-state index >= 15 is 0 Å². The summed E-state index contributed by atoms with van der Waals surface area (Å²) in [5, 5.41) is 1.27. The zero-order chi connectivity index (χ0) is 28.3. The Bertz CT molecular complexity index is 794. The Kier molecular flexibility index (Phi) is 18.8. The first kappa shape index (κ1) is 35.3. The van der Waals surface area contributed by atoms with Gasteiger partial charge >= 0.3 is 212 Å². The molecule has 0 amide bonds. The van der Waals surface area contributed by atoms with Crippen LogP contribution in [0.2, 0.25) is 33.0 Å². The molecule has 1 atom stereocenters. The predicted molar refractivity (Wildman–Crippen MR) is 175 cm³/mol. The maximum atomic E-state index is 6.29. The minimum atomic E-state index is -2.23. The molecule has 0 saturated carbocycles. The summed E-state index contributed by atoms with van der Waals surface area (Å²) in [7, 11) is -1.54.